The summed E-state index contributed by atoms with van der Waals surface area (Å²) < 4.78 is 1.26. The number of carbonyl (C=O) groups is 1. The number of rotatable bonds is 3. The van der Waals surface area contributed by atoms with Crippen molar-refractivity contribution in [1.82, 2.24) is 20.0 Å². The van der Waals surface area contributed by atoms with Gasteiger partial charge in [0.25, 0.3) is 0 Å². The molecule has 0 bridgehead atoms. The minimum absolute atomic E-state index is 0.196. The molecule has 0 unspecified atom stereocenters. The quantitative estimate of drug-likeness (QED) is 0.821. The average Bonchev–Trinajstić information content (AvgIpc) is 2.66. The van der Waals surface area contributed by atoms with E-state index in [0.717, 1.165) is 5.56 Å². The first-order valence-electron chi connectivity index (χ1n) is 4.70. The fourth-order valence-electron chi connectivity index (χ4n) is 1.25. The van der Waals surface area contributed by atoms with Crippen LogP contribution in [0, 0.1) is 6.92 Å². The van der Waals surface area contributed by atoms with E-state index in [2.05, 4.69) is 15.3 Å². The van der Waals surface area contributed by atoms with Crippen molar-refractivity contribution in [3.8, 4) is 11.4 Å². The zero-order chi connectivity index (χ0) is 11.5. The molecule has 6 heteroatoms. The Morgan fingerprint density at radius 3 is 2.88 bits per heavy atom. The maximum Gasteiger partial charge on any atom is 0.325 e. The standard InChI is InChI=1S/C10H10N4O2/c1-7-2-3-8(11-4-7)9-5-14(13-12-9)6-10(15)16/h2-5H,6H2,1H3,(H,15,16). The predicted molar refractivity (Wildman–Crippen MR) is 55.6 cm³/mol. The van der Waals surface area contributed by atoms with E-state index < -0.39 is 5.97 Å². The molecule has 0 fully saturated rings. The summed E-state index contributed by atoms with van der Waals surface area (Å²) in [4.78, 5) is 14.6. The SMILES string of the molecule is Cc1ccc(-c2cn(CC(=O)O)nn2)nc1. The van der Waals surface area contributed by atoms with Crippen LogP contribution in [0.1, 0.15) is 5.56 Å². The first-order valence-corrected chi connectivity index (χ1v) is 4.70. The molecule has 6 nitrogen and oxygen atoms in total. The molecular weight excluding hydrogens is 208 g/mol. The van der Waals surface area contributed by atoms with E-state index in [4.69, 9.17) is 5.11 Å². The molecule has 0 radical (unpaired) electrons. The van der Waals surface area contributed by atoms with Crippen molar-refractivity contribution in [3.63, 3.8) is 0 Å². The van der Waals surface area contributed by atoms with Gasteiger partial charge in [-0.1, -0.05) is 11.3 Å². The number of hydrogen-bond acceptors (Lipinski definition) is 4. The molecule has 0 saturated carbocycles. The van der Waals surface area contributed by atoms with Crippen LogP contribution in [0.2, 0.25) is 0 Å². The number of carboxylic acid groups (broad SMARTS) is 1. The van der Waals surface area contributed by atoms with Crippen molar-refractivity contribution in [2.75, 3.05) is 0 Å². The number of pyridine rings is 1. The lowest BCUT2D eigenvalue weighted by Crippen LogP contribution is -2.08. The molecule has 16 heavy (non-hydrogen) atoms. The van der Waals surface area contributed by atoms with Gasteiger partial charge in [-0.25, -0.2) is 4.68 Å². The van der Waals surface area contributed by atoms with E-state index in [0.29, 0.717) is 11.4 Å². The summed E-state index contributed by atoms with van der Waals surface area (Å²) >= 11 is 0. The highest BCUT2D eigenvalue weighted by Gasteiger charge is 2.06. The van der Waals surface area contributed by atoms with E-state index >= 15 is 0 Å². The van der Waals surface area contributed by atoms with Crippen LogP contribution in [0.4, 0.5) is 0 Å². The van der Waals surface area contributed by atoms with Crippen LogP contribution in [0.3, 0.4) is 0 Å². The van der Waals surface area contributed by atoms with Gasteiger partial charge in [0.05, 0.1) is 11.9 Å². The summed E-state index contributed by atoms with van der Waals surface area (Å²) in [7, 11) is 0. The lowest BCUT2D eigenvalue weighted by atomic mass is 10.2. The van der Waals surface area contributed by atoms with Crippen molar-refractivity contribution in [2.24, 2.45) is 0 Å². The highest BCUT2D eigenvalue weighted by atomic mass is 16.4. The van der Waals surface area contributed by atoms with Crippen LogP contribution in [0.15, 0.2) is 24.5 Å². The Bertz CT molecular complexity index is 504. The van der Waals surface area contributed by atoms with Gasteiger partial charge in [-0.3, -0.25) is 9.78 Å². The number of aliphatic carboxylic acids is 1. The predicted octanol–water partition coefficient (Wildman–Crippen LogP) is 0.733. The van der Waals surface area contributed by atoms with Crippen LogP contribution in [0.5, 0.6) is 0 Å². The minimum Gasteiger partial charge on any atom is -0.480 e. The first-order chi connectivity index (χ1) is 7.65. The maximum absolute atomic E-state index is 10.5. The largest absolute Gasteiger partial charge is 0.480 e. The van der Waals surface area contributed by atoms with Crippen molar-refractivity contribution < 1.29 is 9.90 Å². The molecule has 0 aromatic carbocycles. The van der Waals surface area contributed by atoms with Crippen LogP contribution in [-0.4, -0.2) is 31.1 Å². The third-order valence-corrected chi connectivity index (χ3v) is 2.01. The molecule has 0 aliphatic rings. The van der Waals surface area contributed by atoms with Crippen LogP contribution in [-0.2, 0) is 11.3 Å². The maximum atomic E-state index is 10.5. The fourth-order valence-corrected chi connectivity index (χ4v) is 1.25. The topological polar surface area (TPSA) is 80.9 Å². The molecule has 0 aliphatic heterocycles. The summed E-state index contributed by atoms with van der Waals surface area (Å²) in [5.74, 6) is -0.951. The Morgan fingerprint density at radius 2 is 2.25 bits per heavy atom. The molecule has 0 aliphatic carbocycles. The molecule has 0 spiro atoms. The number of aryl methyl sites for hydroxylation is 1. The van der Waals surface area contributed by atoms with Gasteiger partial charge in [0.1, 0.15) is 12.2 Å². The molecule has 2 aromatic heterocycles. The molecule has 2 rings (SSSR count). The molecule has 2 heterocycles. The summed E-state index contributed by atoms with van der Waals surface area (Å²) in [6.07, 6.45) is 3.29. The van der Waals surface area contributed by atoms with Gasteiger partial charge >= 0.3 is 5.97 Å². The highest BCUT2D eigenvalue weighted by molar-refractivity contribution is 5.66. The Hall–Kier alpha value is -2.24. The molecule has 1 N–H and O–H groups in total. The molecule has 0 saturated heterocycles. The van der Waals surface area contributed by atoms with Crippen molar-refractivity contribution in [2.45, 2.75) is 13.5 Å². The van der Waals surface area contributed by atoms with Crippen molar-refractivity contribution in [3.05, 3.63) is 30.1 Å². The number of hydrogen-bond donors (Lipinski definition) is 1. The van der Waals surface area contributed by atoms with Crippen LogP contribution < -0.4 is 0 Å². The summed E-state index contributed by atoms with van der Waals surface area (Å²) in [5, 5.41) is 16.1. The zero-order valence-corrected chi connectivity index (χ0v) is 8.66. The van der Waals surface area contributed by atoms with E-state index in [1.807, 2.05) is 19.1 Å². The van der Waals surface area contributed by atoms with E-state index in [9.17, 15) is 4.79 Å². The van der Waals surface area contributed by atoms with E-state index in [1.54, 1.807) is 12.4 Å². The zero-order valence-electron chi connectivity index (χ0n) is 8.66. The normalized spacial score (nSPS) is 10.3. The third-order valence-electron chi connectivity index (χ3n) is 2.01. The molecular formula is C10H10N4O2. The van der Waals surface area contributed by atoms with E-state index in [-0.39, 0.29) is 6.54 Å². The number of nitrogens with zero attached hydrogens (tertiary/aromatic N) is 4. The lowest BCUT2D eigenvalue weighted by Gasteiger charge is -1.95. The van der Waals surface area contributed by atoms with Gasteiger partial charge in [0, 0.05) is 6.20 Å². The summed E-state index contributed by atoms with van der Waals surface area (Å²) in [6, 6.07) is 3.74. The van der Waals surface area contributed by atoms with Gasteiger partial charge in [-0.05, 0) is 18.6 Å². The smallest absolute Gasteiger partial charge is 0.325 e. The summed E-state index contributed by atoms with van der Waals surface area (Å²) in [6.45, 7) is 1.75. The second-order valence-corrected chi connectivity index (χ2v) is 3.42. The van der Waals surface area contributed by atoms with Gasteiger partial charge in [-0.2, -0.15) is 0 Å². The van der Waals surface area contributed by atoms with Crippen LogP contribution in [0.25, 0.3) is 11.4 Å². The summed E-state index contributed by atoms with van der Waals surface area (Å²) in [5.41, 5.74) is 2.31. The second kappa shape index (κ2) is 4.09. The monoisotopic (exact) mass is 218 g/mol. The van der Waals surface area contributed by atoms with Gasteiger partial charge in [-0.15, -0.1) is 5.10 Å². The average molecular weight is 218 g/mol. The highest BCUT2D eigenvalue weighted by Crippen LogP contribution is 2.12. The lowest BCUT2D eigenvalue weighted by molar-refractivity contribution is -0.137. The van der Waals surface area contributed by atoms with Gasteiger partial charge in [0.15, 0.2) is 0 Å². The molecule has 2 aromatic rings. The molecule has 0 amide bonds. The second-order valence-electron chi connectivity index (χ2n) is 3.42. The molecule has 82 valence electrons. The Balaban J connectivity index is 2.24. The minimum atomic E-state index is -0.951. The van der Waals surface area contributed by atoms with Gasteiger partial charge in [0.2, 0.25) is 0 Å². The fraction of sp³-hybridized carbons (Fsp3) is 0.200. The van der Waals surface area contributed by atoms with Crippen molar-refractivity contribution in [1.29, 1.82) is 0 Å². The Labute approximate surface area is 91.6 Å². The molecule has 0 atom stereocenters. The van der Waals surface area contributed by atoms with Crippen LogP contribution >= 0.6 is 0 Å². The van der Waals surface area contributed by atoms with E-state index in [1.165, 1.54) is 4.68 Å². The Morgan fingerprint density at radius 1 is 1.44 bits per heavy atom. The number of carboxylic acids is 1. The third kappa shape index (κ3) is 2.22. The first kappa shape index (κ1) is 10.3. The van der Waals surface area contributed by atoms with Crippen molar-refractivity contribution >= 4 is 5.97 Å². The number of aromatic nitrogens is 4. The Kier molecular flexibility index (Phi) is 2.63. The van der Waals surface area contributed by atoms with Gasteiger partial charge < -0.3 is 5.11 Å².